The summed E-state index contributed by atoms with van der Waals surface area (Å²) in [4.78, 5) is 11.9. The average molecular weight is 292 g/mol. The van der Waals surface area contributed by atoms with Crippen LogP contribution in [0, 0.1) is 0 Å². The number of phenols is 1. The van der Waals surface area contributed by atoms with E-state index in [0.717, 1.165) is 18.4 Å². The van der Waals surface area contributed by atoms with E-state index in [9.17, 15) is 9.90 Å². The molecule has 0 aliphatic rings. The molecule has 0 amide bonds. The van der Waals surface area contributed by atoms with Gasteiger partial charge in [0, 0.05) is 12.8 Å². The fourth-order valence-electron chi connectivity index (χ4n) is 2.43. The van der Waals surface area contributed by atoms with Crippen molar-refractivity contribution in [1.29, 1.82) is 0 Å². The third-order valence-corrected chi connectivity index (χ3v) is 3.70. The molecule has 1 rings (SSSR count). The Bertz CT molecular complexity index is 426. The van der Waals surface area contributed by atoms with Gasteiger partial charge in [-0.05, 0) is 24.1 Å². The molecule has 0 bridgehead atoms. The SMILES string of the molecule is CCCCCCCCCC(=O)Cc1ccc(O)c(OC)c1. The van der Waals surface area contributed by atoms with Crippen LogP contribution in [-0.4, -0.2) is 18.0 Å². The van der Waals surface area contributed by atoms with Crippen LogP contribution in [0.4, 0.5) is 0 Å². The van der Waals surface area contributed by atoms with Crippen LogP contribution in [0.2, 0.25) is 0 Å². The Morgan fingerprint density at radius 3 is 2.43 bits per heavy atom. The molecule has 0 saturated heterocycles. The van der Waals surface area contributed by atoms with Gasteiger partial charge in [-0.15, -0.1) is 0 Å². The number of hydrogen-bond donors (Lipinski definition) is 1. The number of unbranched alkanes of at least 4 members (excludes halogenated alkanes) is 6. The van der Waals surface area contributed by atoms with Gasteiger partial charge in [0.05, 0.1) is 7.11 Å². The second-order valence-corrected chi connectivity index (χ2v) is 5.59. The highest BCUT2D eigenvalue weighted by atomic mass is 16.5. The molecule has 0 atom stereocenters. The minimum absolute atomic E-state index is 0.112. The topological polar surface area (TPSA) is 46.5 Å². The van der Waals surface area contributed by atoms with Crippen molar-refractivity contribution in [3.8, 4) is 11.5 Å². The van der Waals surface area contributed by atoms with Crippen molar-refractivity contribution < 1.29 is 14.6 Å². The molecule has 0 aliphatic heterocycles. The summed E-state index contributed by atoms with van der Waals surface area (Å²) in [7, 11) is 1.51. The number of carbonyl (C=O) groups excluding carboxylic acids is 1. The summed E-state index contributed by atoms with van der Waals surface area (Å²) >= 11 is 0. The number of phenolic OH excluding ortho intramolecular Hbond substituents is 1. The molecule has 1 aromatic carbocycles. The Labute approximate surface area is 128 Å². The molecule has 0 saturated carbocycles. The molecule has 0 aromatic heterocycles. The van der Waals surface area contributed by atoms with Gasteiger partial charge in [0.1, 0.15) is 5.78 Å². The second-order valence-electron chi connectivity index (χ2n) is 5.59. The van der Waals surface area contributed by atoms with Crippen LogP contribution in [0.15, 0.2) is 18.2 Å². The van der Waals surface area contributed by atoms with Crippen LogP contribution in [-0.2, 0) is 11.2 Å². The lowest BCUT2D eigenvalue weighted by molar-refractivity contribution is -0.118. The van der Waals surface area contributed by atoms with Crippen molar-refractivity contribution in [2.45, 2.75) is 64.7 Å². The zero-order valence-electron chi connectivity index (χ0n) is 13.4. The number of aromatic hydroxyl groups is 1. The molecular weight excluding hydrogens is 264 g/mol. The van der Waals surface area contributed by atoms with Crippen molar-refractivity contribution in [3.63, 3.8) is 0 Å². The predicted molar refractivity (Wildman–Crippen MR) is 86.0 cm³/mol. The first-order valence-electron chi connectivity index (χ1n) is 8.05. The van der Waals surface area contributed by atoms with Crippen LogP contribution in [0.1, 0.15) is 63.9 Å². The summed E-state index contributed by atoms with van der Waals surface area (Å²) in [6, 6.07) is 5.09. The van der Waals surface area contributed by atoms with E-state index in [-0.39, 0.29) is 11.5 Å². The predicted octanol–water partition coefficient (Wildman–Crippen LogP) is 4.65. The molecule has 1 N–H and O–H groups in total. The summed E-state index contributed by atoms with van der Waals surface area (Å²) in [5, 5.41) is 9.52. The smallest absolute Gasteiger partial charge is 0.160 e. The minimum atomic E-state index is 0.112. The van der Waals surface area contributed by atoms with Crippen LogP contribution >= 0.6 is 0 Å². The number of carbonyl (C=O) groups is 1. The normalized spacial score (nSPS) is 10.6. The van der Waals surface area contributed by atoms with Gasteiger partial charge in [-0.3, -0.25) is 4.79 Å². The maximum absolute atomic E-state index is 11.9. The maximum Gasteiger partial charge on any atom is 0.160 e. The summed E-state index contributed by atoms with van der Waals surface area (Å²) in [5.74, 6) is 0.799. The number of ether oxygens (including phenoxy) is 1. The molecular formula is C18H28O3. The third kappa shape index (κ3) is 7.16. The Balaban J connectivity index is 2.21. The number of ketones is 1. The van der Waals surface area contributed by atoms with Crippen LogP contribution < -0.4 is 4.74 Å². The molecule has 118 valence electrons. The molecule has 0 heterocycles. The van der Waals surface area contributed by atoms with E-state index in [4.69, 9.17) is 4.74 Å². The summed E-state index contributed by atoms with van der Waals surface area (Å²) in [5.41, 5.74) is 0.901. The van der Waals surface area contributed by atoms with E-state index in [2.05, 4.69) is 6.92 Å². The maximum atomic E-state index is 11.9. The minimum Gasteiger partial charge on any atom is -0.504 e. The number of hydrogen-bond acceptors (Lipinski definition) is 3. The molecule has 0 radical (unpaired) electrons. The molecule has 1 aromatic rings. The second kappa shape index (κ2) is 10.3. The van der Waals surface area contributed by atoms with E-state index in [1.165, 1.54) is 39.2 Å². The van der Waals surface area contributed by atoms with Gasteiger partial charge in [-0.1, -0.05) is 51.5 Å². The Kier molecular flexibility index (Phi) is 8.56. The third-order valence-electron chi connectivity index (χ3n) is 3.70. The monoisotopic (exact) mass is 292 g/mol. The highest BCUT2D eigenvalue weighted by molar-refractivity contribution is 5.81. The largest absolute Gasteiger partial charge is 0.504 e. The van der Waals surface area contributed by atoms with Crippen LogP contribution in [0.25, 0.3) is 0 Å². The van der Waals surface area contributed by atoms with Gasteiger partial charge < -0.3 is 9.84 Å². The zero-order valence-corrected chi connectivity index (χ0v) is 13.4. The first-order valence-corrected chi connectivity index (χ1v) is 8.05. The van der Waals surface area contributed by atoms with Crippen LogP contribution in [0.3, 0.4) is 0 Å². The van der Waals surface area contributed by atoms with E-state index in [1.807, 2.05) is 0 Å². The van der Waals surface area contributed by atoms with Crippen molar-refractivity contribution in [1.82, 2.24) is 0 Å². The van der Waals surface area contributed by atoms with Crippen molar-refractivity contribution in [2.75, 3.05) is 7.11 Å². The van der Waals surface area contributed by atoms with Crippen LogP contribution in [0.5, 0.6) is 11.5 Å². The molecule has 0 fully saturated rings. The fourth-order valence-corrected chi connectivity index (χ4v) is 2.43. The number of Topliss-reactive ketones (excluding diaryl/α,β-unsaturated/α-hetero) is 1. The Morgan fingerprint density at radius 2 is 1.76 bits per heavy atom. The first kappa shape index (κ1) is 17.5. The van der Waals surface area contributed by atoms with Gasteiger partial charge in [0.25, 0.3) is 0 Å². The fraction of sp³-hybridized carbons (Fsp3) is 0.611. The lowest BCUT2D eigenvalue weighted by Gasteiger charge is -2.06. The number of methoxy groups -OCH3 is 1. The Morgan fingerprint density at radius 1 is 1.10 bits per heavy atom. The van der Waals surface area contributed by atoms with Crippen molar-refractivity contribution in [3.05, 3.63) is 23.8 Å². The van der Waals surface area contributed by atoms with E-state index in [0.29, 0.717) is 18.6 Å². The van der Waals surface area contributed by atoms with Gasteiger partial charge in [-0.2, -0.15) is 0 Å². The zero-order chi connectivity index (χ0) is 15.5. The quantitative estimate of drug-likeness (QED) is 0.604. The number of rotatable bonds is 11. The summed E-state index contributed by atoms with van der Waals surface area (Å²) in [6.45, 7) is 2.22. The lowest BCUT2D eigenvalue weighted by atomic mass is 10.0. The van der Waals surface area contributed by atoms with Gasteiger partial charge >= 0.3 is 0 Å². The molecule has 21 heavy (non-hydrogen) atoms. The molecule has 0 spiro atoms. The first-order chi connectivity index (χ1) is 10.2. The van der Waals surface area contributed by atoms with E-state index in [1.54, 1.807) is 18.2 Å². The van der Waals surface area contributed by atoms with Gasteiger partial charge in [0.15, 0.2) is 11.5 Å². The van der Waals surface area contributed by atoms with Gasteiger partial charge in [-0.25, -0.2) is 0 Å². The van der Waals surface area contributed by atoms with E-state index >= 15 is 0 Å². The number of benzene rings is 1. The molecule has 0 unspecified atom stereocenters. The summed E-state index contributed by atoms with van der Waals surface area (Å²) < 4.78 is 5.05. The average Bonchev–Trinajstić information content (AvgIpc) is 2.48. The summed E-state index contributed by atoms with van der Waals surface area (Å²) in [6.07, 6.45) is 9.64. The van der Waals surface area contributed by atoms with Gasteiger partial charge in [0.2, 0.25) is 0 Å². The van der Waals surface area contributed by atoms with Crippen molar-refractivity contribution >= 4 is 5.78 Å². The highest BCUT2D eigenvalue weighted by Gasteiger charge is 2.07. The lowest BCUT2D eigenvalue weighted by Crippen LogP contribution is -2.02. The Hall–Kier alpha value is -1.51. The highest BCUT2D eigenvalue weighted by Crippen LogP contribution is 2.26. The van der Waals surface area contributed by atoms with E-state index < -0.39 is 0 Å². The molecule has 3 heteroatoms. The molecule has 3 nitrogen and oxygen atoms in total. The standard InChI is InChI=1S/C18H28O3/c1-3-4-5-6-7-8-9-10-16(19)13-15-11-12-17(20)18(14-15)21-2/h11-12,14,20H,3-10,13H2,1-2H3. The molecule has 0 aliphatic carbocycles. The van der Waals surface area contributed by atoms with Crippen molar-refractivity contribution in [2.24, 2.45) is 0 Å².